The van der Waals surface area contributed by atoms with Gasteiger partial charge in [0.25, 0.3) is 6.47 Å². The fraction of sp³-hybridized carbons (Fsp3) is 0.844. The monoisotopic (exact) mass is 564 g/mol. The zero-order valence-electron chi connectivity index (χ0n) is 25.5. The number of aliphatic hydroxyl groups is 1. The van der Waals surface area contributed by atoms with E-state index in [1.165, 1.54) is 77.0 Å². The molecule has 0 bridgehead atoms. The molecule has 0 aromatic heterocycles. The predicted octanol–water partition coefficient (Wildman–Crippen LogP) is 7.49. The zero-order valence-corrected chi connectivity index (χ0v) is 25.5. The summed E-state index contributed by atoms with van der Waals surface area (Å²) in [6, 6.07) is -1.14. The van der Waals surface area contributed by atoms with Gasteiger partial charge in [-0.15, -0.1) is 0 Å². The van der Waals surface area contributed by atoms with Gasteiger partial charge >= 0.3 is 12.1 Å². The number of nitrogens with zero attached hydrogens (tertiary/aromatic N) is 1. The van der Waals surface area contributed by atoms with Crippen molar-refractivity contribution in [3.8, 4) is 0 Å². The first-order chi connectivity index (χ1) is 19.5. The van der Waals surface area contributed by atoms with Gasteiger partial charge in [-0.1, -0.05) is 110 Å². The van der Waals surface area contributed by atoms with Crippen LogP contribution in [0, 0.1) is 17.8 Å². The minimum Gasteiger partial charge on any atom is -0.463 e. The number of urea groups is 1. The number of imide groups is 1. The highest BCUT2D eigenvalue weighted by atomic mass is 16.6. The fourth-order valence-corrected chi connectivity index (χ4v) is 6.82. The summed E-state index contributed by atoms with van der Waals surface area (Å²) in [5.74, 6) is 0.0878. The van der Waals surface area contributed by atoms with Gasteiger partial charge in [0, 0.05) is 17.9 Å². The Kier molecular flexibility index (Phi) is 17.0. The van der Waals surface area contributed by atoms with Gasteiger partial charge in [0.2, 0.25) is 0 Å². The number of unbranched alkanes of at least 4 members (excludes halogenated alkanes) is 12. The molecule has 1 fully saturated rings. The number of ether oxygens (including phenoxy) is 2. The smallest absolute Gasteiger partial charge is 0.418 e. The number of carbonyl (C=O) groups excluding carboxylic acids is 3. The molecule has 0 aromatic rings. The largest absolute Gasteiger partial charge is 0.463 e. The van der Waals surface area contributed by atoms with Crippen molar-refractivity contribution in [3.05, 3.63) is 11.3 Å². The second-order valence-electron chi connectivity index (χ2n) is 11.7. The lowest BCUT2D eigenvalue weighted by molar-refractivity contribution is -0.128. The summed E-state index contributed by atoms with van der Waals surface area (Å²) in [6.07, 6.45) is 20.1. The maximum Gasteiger partial charge on any atom is 0.418 e. The van der Waals surface area contributed by atoms with E-state index in [-0.39, 0.29) is 37.6 Å². The topological polar surface area (TPSA) is 105 Å². The summed E-state index contributed by atoms with van der Waals surface area (Å²) in [5.41, 5.74) is 1.29. The van der Waals surface area contributed by atoms with Gasteiger partial charge in [0.1, 0.15) is 6.61 Å². The van der Waals surface area contributed by atoms with Crippen LogP contribution in [0.2, 0.25) is 0 Å². The fourth-order valence-electron chi connectivity index (χ4n) is 6.82. The molecule has 2 rings (SSSR count). The van der Waals surface area contributed by atoms with Crippen molar-refractivity contribution in [2.24, 2.45) is 17.8 Å². The number of hydrogen-bond donors (Lipinski definition) is 2. The van der Waals surface area contributed by atoms with Gasteiger partial charge in [0.15, 0.2) is 0 Å². The minimum absolute atomic E-state index is 0.00454. The van der Waals surface area contributed by atoms with E-state index in [0.29, 0.717) is 17.7 Å². The molecule has 1 saturated carbocycles. The van der Waals surface area contributed by atoms with E-state index in [4.69, 9.17) is 9.47 Å². The van der Waals surface area contributed by atoms with Crippen LogP contribution in [0.3, 0.4) is 0 Å². The third-order valence-electron chi connectivity index (χ3n) is 8.92. The summed E-state index contributed by atoms with van der Waals surface area (Å²) in [4.78, 5) is 38.3. The Morgan fingerprint density at radius 2 is 1.52 bits per heavy atom. The van der Waals surface area contributed by atoms with Gasteiger partial charge in [0.05, 0.1) is 12.6 Å². The van der Waals surface area contributed by atoms with E-state index in [2.05, 4.69) is 12.2 Å². The number of hydrogen-bond acceptors (Lipinski definition) is 6. The van der Waals surface area contributed by atoms with Crippen molar-refractivity contribution in [1.29, 1.82) is 0 Å². The second-order valence-corrected chi connectivity index (χ2v) is 11.7. The summed E-state index contributed by atoms with van der Waals surface area (Å²) in [7, 11) is 0. The van der Waals surface area contributed by atoms with Crippen molar-refractivity contribution < 1.29 is 29.0 Å². The Morgan fingerprint density at radius 3 is 2.08 bits per heavy atom. The molecule has 4 atom stereocenters. The van der Waals surface area contributed by atoms with Crippen LogP contribution in [-0.4, -0.2) is 54.5 Å². The third kappa shape index (κ3) is 10.7. The number of carbonyl (C=O) groups is 3. The van der Waals surface area contributed by atoms with Gasteiger partial charge in [-0.05, 0) is 38.0 Å². The predicted molar refractivity (Wildman–Crippen MR) is 158 cm³/mol. The maximum absolute atomic E-state index is 13.1. The van der Waals surface area contributed by atoms with Crippen LogP contribution < -0.4 is 5.32 Å². The SMILES string of the molecule is CCCCCCCCCCCCCCCC1CCCC(CO)C1C1C(COC=O)=C(C)NC(=O)N1C(=O)OCC. The standard InChI is InChI=1S/C32H56N2O6/c1-4-6-7-8-9-10-11-12-13-14-15-16-17-19-26-20-18-21-27(22-35)29(26)30-28(23-39-24-36)25(3)33-31(37)34(30)32(38)40-5-2/h24,26-27,29-30,35H,4-23H2,1-3H3,(H,33,37). The molecular formula is C32H56N2O6. The van der Waals surface area contributed by atoms with E-state index in [1.807, 2.05) is 0 Å². The molecule has 230 valence electrons. The van der Waals surface area contributed by atoms with Gasteiger partial charge < -0.3 is 19.9 Å². The van der Waals surface area contributed by atoms with Crippen molar-refractivity contribution in [2.75, 3.05) is 19.8 Å². The van der Waals surface area contributed by atoms with E-state index in [9.17, 15) is 19.5 Å². The van der Waals surface area contributed by atoms with Crippen molar-refractivity contribution >= 4 is 18.6 Å². The molecule has 0 aromatic carbocycles. The number of nitrogens with one attached hydrogen (secondary N) is 1. The molecule has 0 radical (unpaired) electrons. The Labute approximate surface area is 242 Å². The molecule has 0 saturated heterocycles. The summed E-state index contributed by atoms with van der Waals surface area (Å²) in [5, 5.41) is 13.1. The molecule has 1 aliphatic heterocycles. The number of allylic oxidation sites excluding steroid dienone is 1. The lowest BCUT2D eigenvalue weighted by atomic mass is 9.65. The molecule has 8 nitrogen and oxygen atoms in total. The normalized spacial score (nSPS) is 23.2. The second kappa shape index (κ2) is 19.9. The van der Waals surface area contributed by atoms with E-state index >= 15 is 0 Å². The first-order valence-corrected chi connectivity index (χ1v) is 16.1. The molecule has 2 N–H and O–H groups in total. The average Bonchev–Trinajstić information content (AvgIpc) is 2.94. The molecule has 2 aliphatic rings. The number of rotatable bonds is 20. The van der Waals surface area contributed by atoms with Gasteiger partial charge in [-0.3, -0.25) is 4.79 Å². The van der Waals surface area contributed by atoms with Crippen LogP contribution in [0.1, 0.15) is 130 Å². The lowest BCUT2D eigenvalue weighted by Gasteiger charge is -2.48. The maximum atomic E-state index is 13.1. The summed E-state index contributed by atoms with van der Waals surface area (Å²) >= 11 is 0. The van der Waals surface area contributed by atoms with E-state index in [0.717, 1.165) is 37.0 Å². The average molecular weight is 565 g/mol. The van der Waals surface area contributed by atoms with Crippen LogP contribution >= 0.6 is 0 Å². The van der Waals surface area contributed by atoms with Crippen molar-refractivity contribution in [2.45, 2.75) is 136 Å². The summed E-state index contributed by atoms with van der Waals surface area (Å²) < 4.78 is 10.4. The lowest BCUT2D eigenvalue weighted by Crippen LogP contribution is -2.60. The van der Waals surface area contributed by atoms with Crippen molar-refractivity contribution in [1.82, 2.24) is 10.2 Å². The molecular weight excluding hydrogens is 508 g/mol. The van der Waals surface area contributed by atoms with E-state index in [1.54, 1.807) is 13.8 Å². The molecule has 0 spiro atoms. The van der Waals surface area contributed by atoms with Crippen molar-refractivity contribution in [3.63, 3.8) is 0 Å². The highest BCUT2D eigenvalue weighted by Gasteiger charge is 2.48. The zero-order chi connectivity index (χ0) is 29.2. The molecule has 40 heavy (non-hydrogen) atoms. The first-order valence-electron chi connectivity index (χ1n) is 16.1. The Morgan fingerprint density at radius 1 is 0.950 bits per heavy atom. The number of aliphatic hydroxyl groups excluding tert-OH is 1. The van der Waals surface area contributed by atoms with E-state index < -0.39 is 18.2 Å². The highest BCUT2D eigenvalue weighted by Crippen LogP contribution is 2.44. The summed E-state index contributed by atoms with van der Waals surface area (Å²) in [6.45, 7) is 6.26. The quantitative estimate of drug-likeness (QED) is 0.117. The van der Waals surface area contributed by atoms with Gasteiger partial charge in [-0.2, -0.15) is 0 Å². The Hall–Kier alpha value is -2.09. The van der Waals surface area contributed by atoms with Crippen LogP contribution in [0.25, 0.3) is 0 Å². The van der Waals surface area contributed by atoms with Crippen LogP contribution in [-0.2, 0) is 14.3 Å². The van der Waals surface area contributed by atoms with Crippen LogP contribution in [0.15, 0.2) is 11.3 Å². The molecule has 1 aliphatic carbocycles. The molecule has 8 heteroatoms. The highest BCUT2D eigenvalue weighted by molar-refractivity contribution is 5.93. The van der Waals surface area contributed by atoms with Gasteiger partial charge in [-0.25, -0.2) is 14.5 Å². The Bertz CT molecular complexity index is 785. The Balaban J connectivity index is 1.98. The molecule has 3 amide bonds. The van der Waals surface area contributed by atoms with Crippen LogP contribution in [0.5, 0.6) is 0 Å². The third-order valence-corrected chi connectivity index (χ3v) is 8.92. The minimum atomic E-state index is -0.705. The number of amides is 3. The molecule has 4 unspecified atom stereocenters. The van der Waals surface area contributed by atoms with Crippen LogP contribution in [0.4, 0.5) is 9.59 Å². The first kappa shape index (κ1) is 34.1. The molecule has 1 heterocycles.